The van der Waals surface area contributed by atoms with Crippen molar-refractivity contribution in [3.05, 3.63) is 59.9 Å². The molecule has 0 amide bonds. The highest BCUT2D eigenvalue weighted by atomic mass is 16.5. The molecule has 1 aliphatic heterocycles. The molecule has 0 spiro atoms. The summed E-state index contributed by atoms with van der Waals surface area (Å²) in [5.74, 6) is 1.76. The highest BCUT2D eigenvalue weighted by Crippen LogP contribution is 2.33. The maximum Gasteiger partial charge on any atom is 0.194 e. The summed E-state index contributed by atoms with van der Waals surface area (Å²) in [6, 6.07) is 11.5. The van der Waals surface area contributed by atoms with E-state index in [1.807, 2.05) is 24.3 Å². The van der Waals surface area contributed by atoms with Crippen molar-refractivity contribution in [3.8, 4) is 5.75 Å². The van der Waals surface area contributed by atoms with Gasteiger partial charge in [-0.1, -0.05) is 0 Å². The summed E-state index contributed by atoms with van der Waals surface area (Å²) in [5, 5.41) is 0. The van der Waals surface area contributed by atoms with Gasteiger partial charge in [0, 0.05) is 36.6 Å². The first-order valence-electron chi connectivity index (χ1n) is 8.21. The molecule has 1 aromatic carbocycles. The lowest BCUT2D eigenvalue weighted by atomic mass is 10.1. The zero-order valence-corrected chi connectivity index (χ0v) is 13.0. The summed E-state index contributed by atoms with van der Waals surface area (Å²) >= 11 is 0. The lowest BCUT2D eigenvalue weighted by Crippen LogP contribution is -2.12. The molecule has 2 aromatic rings. The van der Waals surface area contributed by atoms with Gasteiger partial charge in [0.2, 0.25) is 0 Å². The van der Waals surface area contributed by atoms with Gasteiger partial charge in [0.05, 0.1) is 6.04 Å². The van der Waals surface area contributed by atoms with Gasteiger partial charge in [-0.2, -0.15) is 0 Å². The largest absolute Gasteiger partial charge is 0.492 e. The molecule has 4 heteroatoms. The average molecular weight is 308 g/mol. The molecule has 1 saturated heterocycles. The van der Waals surface area contributed by atoms with E-state index in [1.54, 1.807) is 24.5 Å². The standard InChI is InChI=1S/C19H20N2O2/c22-19(16-2-1-9-20-10-16)15-5-7-18(8-6-15)23-13-17-12-21(17)11-14-3-4-14/h1-2,5-10,14,17H,3-4,11-13H2. The lowest BCUT2D eigenvalue weighted by molar-refractivity contribution is 0.103. The van der Waals surface area contributed by atoms with E-state index in [0.29, 0.717) is 17.2 Å². The number of pyridine rings is 1. The number of nitrogens with zero attached hydrogens (tertiary/aromatic N) is 2. The minimum Gasteiger partial charge on any atom is -0.492 e. The summed E-state index contributed by atoms with van der Waals surface area (Å²) in [5.41, 5.74) is 1.27. The fourth-order valence-electron chi connectivity index (χ4n) is 2.80. The Hall–Kier alpha value is -2.20. The van der Waals surface area contributed by atoms with Gasteiger partial charge in [-0.15, -0.1) is 0 Å². The molecule has 2 aliphatic rings. The molecule has 2 unspecified atom stereocenters. The third kappa shape index (κ3) is 3.59. The second-order valence-electron chi connectivity index (χ2n) is 6.46. The SMILES string of the molecule is O=C(c1ccc(OCC2CN2CC2CC2)cc1)c1cccnc1. The first kappa shape index (κ1) is 14.4. The lowest BCUT2D eigenvalue weighted by Gasteiger charge is -2.07. The predicted molar refractivity (Wildman–Crippen MR) is 87.7 cm³/mol. The number of ether oxygens (including phenoxy) is 1. The molecule has 1 aromatic heterocycles. The molecule has 0 bridgehead atoms. The summed E-state index contributed by atoms with van der Waals surface area (Å²) in [6.07, 6.45) is 6.05. The van der Waals surface area contributed by atoms with Crippen molar-refractivity contribution < 1.29 is 9.53 Å². The Kier molecular flexibility index (Phi) is 3.83. The molecule has 2 fully saturated rings. The molecule has 2 atom stereocenters. The van der Waals surface area contributed by atoms with Gasteiger partial charge in [0.25, 0.3) is 0 Å². The number of carbonyl (C=O) groups is 1. The molecule has 1 aliphatic carbocycles. The van der Waals surface area contributed by atoms with Crippen LogP contribution in [0.15, 0.2) is 48.8 Å². The monoisotopic (exact) mass is 308 g/mol. The number of aromatic nitrogens is 1. The van der Waals surface area contributed by atoms with Crippen molar-refractivity contribution in [1.29, 1.82) is 0 Å². The molecule has 4 nitrogen and oxygen atoms in total. The van der Waals surface area contributed by atoms with E-state index in [0.717, 1.165) is 24.8 Å². The van der Waals surface area contributed by atoms with Gasteiger partial charge >= 0.3 is 0 Å². The smallest absolute Gasteiger partial charge is 0.194 e. The zero-order valence-electron chi connectivity index (χ0n) is 13.0. The van der Waals surface area contributed by atoms with Crippen LogP contribution in [0, 0.1) is 5.92 Å². The number of carbonyl (C=O) groups excluding carboxylic acids is 1. The first-order valence-corrected chi connectivity index (χ1v) is 8.21. The Morgan fingerprint density at radius 3 is 2.70 bits per heavy atom. The molecule has 118 valence electrons. The van der Waals surface area contributed by atoms with E-state index in [1.165, 1.54) is 19.4 Å². The van der Waals surface area contributed by atoms with Crippen molar-refractivity contribution in [3.63, 3.8) is 0 Å². The van der Waals surface area contributed by atoms with Crippen LogP contribution in [0.3, 0.4) is 0 Å². The average Bonchev–Trinajstić information content (AvgIpc) is 3.53. The van der Waals surface area contributed by atoms with Crippen LogP contribution >= 0.6 is 0 Å². The first-order chi connectivity index (χ1) is 11.3. The van der Waals surface area contributed by atoms with Crippen molar-refractivity contribution >= 4 is 5.78 Å². The molecule has 0 radical (unpaired) electrons. The van der Waals surface area contributed by atoms with Crippen LogP contribution in [0.25, 0.3) is 0 Å². The Bertz CT molecular complexity index is 680. The van der Waals surface area contributed by atoms with Crippen molar-refractivity contribution in [2.24, 2.45) is 5.92 Å². The summed E-state index contributed by atoms with van der Waals surface area (Å²) in [6.45, 7) is 3.14. The van der Waals surface area contributed by atoms with Crippen LogP contribution in [-0.2, 0) is 0 Å². The number of rotatable bonds is 7. The van der Waals surface area contributed by atoms with Gasteiger partial charge in [-0.05, 0) is 55.2 Å². The van der Waals surface area contributed by atoms with E-state index >= 15 is 0 Å². The summed E-state index contributed by atoms with van der Waals surface area (Å²) < 4.78 is 5.84. The Morgan fingerprint density at radius 1 is 1.17 bits per heavy atom. The summed E-state index contributed by atoms with van der Waals surface area (Å²) in [7, 11) is 0. The Labute approximate surface area is 136 Å². The van der Waals surface area contributed by atoms with E-state index in [-0.39, 0.29) is 5.78 Å². The van der Waals surface area contributed by atoms with Crippen LogP contribution in [0.1, 0.15) is 28.8 Å². The van der Waals surface area contributed by atoms with Crippen LogP contribution in [0.5, 0.6) is 5.75 Å². The van der Waals surface area contributed by atoms with Gasteiger partial charge in [-0.3, -0.25) is 14.7 Å². The second kappa shape index (κ2) is 6.13. The molecular weight excluding hydrogens is 288 g/mol. The predicted octanol–water partition coefficient (Wildman–Crippen LogP) is 2.79. The van der Waals surface area contributed by atoms with Gasteiger partial charge in [-0.25, -0.2) is 0 Å². The minimum atomic E-state index is -0.0116. The second-order valence-corrected chi connectivity index (χ2v) is 6.46. The van der Waals surface area contributed by atoms with Gasteiger partial charge in [0.1, 0.15) is 12.4 Å². The van der Waals surface area contributed by atoms with Crippen LogP contribution in [0.2, 0.25) is 0 Å². The molecule has 1 saturated carbocycles. The number of ketones is 1. The van der Waals surface area contributed by atoms with Gasteiger partial charge in [0.15, 0.2) is 5.78 Å². The van der Waals surface area contributed by atoms with Crippen LogP contribution in [0.4, 0.5) is 0 Å². The highest BCUT2D eigenvalue weighted by molar-refractivity contribution is 6.08. The third-order valence-corrected chi connectivity index (χ3v) is 4.50. The van der Waals surface area contributed by atoms with E-state index < -0.39 is 0 Å². The number of benzene rings is 1. The third-order valence-electron chi connectivity index (χ3n) is 4.50. The molecule has 23 heavy (non-hydrogen) atoms. The number of hydrogen-bond donors (Lipinski definition) is 0. The molecule has 0 N–H and O–H groups in total. The maximum atomic E-state index is 12.3. The van der Waals surface area contributed by atoms with E-state index in [2.05, 4.69) is 9.88 Å². The van der Waals surface area contributed by atoms with Crippen molar-refractivity contribution in [2.45, 2.75) is 18.9 Å². The topological polar surface area (TPSA) is 42.2 Å². The molecule has 2 heterocycles. The van der Waals surface area contributed by atoms with Crippen LogP contribution in [-0.4, -0.2) is 41.4 Å². The zero-order chi connectivity index (χ0) is 15.6. The quantitative estimate of drug-likeness (QED) is 0.583. The van der Waals surface area contributed by atoms with Crippen molar-refractivity contribution in [2.75, 3.05) is 19.7 Å². The fraction of sp³-hybridized carbons (Fsp3) is 0.368. The molecule has 4 rings (SSSR count). The van der Waals surface area contributed by atoms with Crippen LogP contribution < -0.4 is 4.74 Å². The minimum absolute atomic E-state index is 0.0116. The Balaban J connectivity index is 1.30. The number of hydrogen-bond acceptors (Lipinski definition) is 4. The van der Waals surface area contributed by atoms with E-state index in [9.17, 15) is 4.79 Å². The maximum absolute atomic E-state index is 12.3. The van der Waals surface area contributed by atoms with Crippen molar-refractivity contribution in [1.82, 2.24) is 9.88 Å². The van der Waals surface area contributed by atoms with Gasteiger partial charge < -0.3 is 4.74 Å². The Morgan fingerprint density at radius 2 is 2.00 bits per heavy atom. The molecular formula is C19H20N2O2. The highest BCUT2D eigenvalue weighted by Gasteiger charge is 2.38. The fourth-order valence-corrected chi connectivity index (χ4v) is 2.80. The summed E-state index contributed by atoms with van der Waals surface area (Å²) in [4.78, 5) is 18.8. The normalized spacial score (nSPS) is 22.6. The van der Waals surface area contributed by atoms with E-state index in [4.69, 9.17) is 4.74 Å².